The first-order valence-corrected chi connectivity index (χ1v) is 6.29. The number of hydrogen-bond donors (Lipinski definition) is 2. The van der Waals surface area contributed by atoms with Gasteiger partial charge in [0.25, 0.3) is 0 Å². The molecule has 0 atom stereocenters. The second-order valence-corrected chi connectivity index (χ2v) is 4.68. The fourth-order valence-corrected chi connectivity index (χ4v) is 2.64. The van der Waals surface area contributed by atoms with Gasteiger partial charge in [0, 0.05) is 22.0 Å². The molecule has 2 nitrogen and oxygen atoms in total. The van der Waals surface area contributed by atoms with Crippen LogP contribution >= 0.6 is 11.8 Å². The molecule has 3 heteroatoms. The molecule has 1 aromatic heterocycles. The highest BCUT2D eigenvalue weighted by molar-refractivity contribution is 7.99. The van der Waals surface area contributed by atoms with Crippen LogP contribution in [0.15, 0.2) is 35.4 Å². The van der Waals surface area contributed by atoms with Crippen LogP contribution in [0.2, 0.25) is 0 Å². The van der Waals surface area contributed by atoms with Gasteiger partial charge in [0.15, 0.2) is 0 Å². The molecule has 1 aromatic carbocycles. The third-order valence-corrected chi connectivity index (χ3v) is 3.55. The highest BCUT2D eigenvalue weighted by atomic mass is 32.2. The van der Waals surface area contributed by atoms with Crippen LogP contribution in [0.1, 0.15) is 12.8 Å². The van der Waals surface area contributed by atoms with Crippen molar-refractivity contribution in [1.29, 1.82) is 0 Å². The Hall–Kier alpha value is -0.930. The van der Waals surface area contributed by atoms with Crippen molar-refractivity contribution in [3.63, 3.8) is 0 Å². The van der Waals surface area contributed by atoms with Crippen LogP contribution in [-0.2, 0) is 0 Å². The van der Waals surface area contributed by atoms with Gasteiger partial charge in [-0.3, -0.25) is 0 Å². The highest BCUT2D eigenvalue weighted by Gasteiger charge is 2.02. The maximum atomic E-state index is 5.46. The summed E-state index contributed by atoms with van der Waals surface area (Å²) in [6.45, 7) is 0.800. The topological polar surface area (TPSA) is 41.8 Å². The van der Waals surface area contributed by atoms with Gasteiger partial charge in [-0.1, -0.05) is 18.2 Å². The zero-order valence-electron chi connectivity index (χ0n) is 8.70. The minimum absolute atomic E-state index is 0.800. The Morgan fingerprint density at radius 3 is 2.93 bits per heavy atom. The first kappa shape index (κ1) is 10.6. The van der Waals surface area contributed by atoms with Crippen LogP contribution in [0.4, 0.5) is 0 Å². The number of H-pyrrole nitrogens is 1. The predicted octanol–water partition coefficient (Wildman–Crippen LogP) is 3.00. The quantitative estimate of drug-likeness (QED) is 0.601. The number of para-hydroxylation sites is 1. The van der Waals surface area contributed by atoms with Crippen molar-refractivity contribution in [2.75, 3.05) is 12.3 Å². The van der Waals surface area contributed by atoms with Crippen molar-refractivity contribution in [3.05, 3.63) is 30.5 Å². The number of benzene rings is 1. The average molecular weight is 220 g/mol. The zero-order valence-corrected chi connectivity index (χ0v) is 9.52. The van der Waals surface area contributed by atoms with Crippen LogP contribution in [0.3, 0.4) is 0 Å². The third-order valence-electron chi connectivity index (χ3n) is 2.41. The Balaban J connectivity index is 2.02. The van der Waals surface area contributed by atoms with Gasteiger partial charge in [0.05, 0.1) is 0 Å². The van der Waals surface area contributed by atoms with Gasteiger partial charge >= 0.3 is 0 Å². The fourth-order valence-electron chi connectivity index (χ4n) is 1.59. The molecule has 15 heavy (non-hydrogen) atoms. The van der Waals surface area contributed by atoms with Crippen molar-refractivity contribution in [3.8, 4) is 0 Å². The summed E-state index contributed by atoms with van der Waals surface area (Å²) in [7, 11) is 0. The maximum Gasteiger partial charge on any atom is 0.0465 e. The number of rotatable bonds is 5. The second kappa shape index (κ2) is 5.24. The third kappa shape index (κ3) is 2.55. The summed E-state index contributed by atoms with van der Waals surface area (Å²) in [5.74, 6) is 1.15. The van der Waals surface area contributed by atoms with Gasteiger partial charge in [0.2, 0.25) is 0 Å². The molecule has 0 fully saturated rings. The van der Waals surface area contributed by atoms with E-state index in [2.05, 4.69) is 35.4 Å². The van der Waals surface area contributed by atoms with Crippen molar-refractivity contribution in [1.82, 2.24) is 4.98 Å². The normalized spacial score (nSPS) is 11.0. The van der Waals surface area contributed by atoms with Crippen LogP contribution in [0.25, 0.3) is 10.9 Å². The lowest BCUT2D eigenvalue weighted by molar-refractivity contribution is 0.814. The Kier molecular flexibility index (Phi) is 3.69. The SMILES string of the molecule is NCCCCSc1c[nH]c2ccccc12. The van der Waals surface area contributed by atoms with Crippen molar-refractivity contribution >= 4 is 22.7 Å². The van der Waals surface area contributed by atoms with Gasteiger partial charge in [-0.15, -0.1) is 11.8 Å². The van der Waals surface area contributed by atoms with Gasteiger partial charge in [0.1, 0.15) is 0 Å². The molecule has 0 bridgehead atoms. The molecule has 80 valence electrons. The van der Waals surface area contributed by atoms with E-state index in [-0.39, 0.29) is 0 Å². The van der Waals surface area contributed by atoms with E-state index in [0.717, 1.165) is 18.7 Å². The minimum Gasteiger partial charge on any atom is -0.360 e. The first-order valence-electron chi connectivity index (χ1n) is 5.31. The molecule has 0 radical (unpaired) electrons. The largest absolute Gasteiger partial charge is 0.360 e. The van der Waals surface area contributed by atoms with Crippen LogP contribution in [-0.4, -0.2) is 17.3 Å². The predicted molar refractivity (Wildman–Crippen MR) is 67.3 cm³/mol. The van der Waals surface area contributed by atoms with Crippen LogP contribution in [0, 0.1) is 0 Å². The molecule has 1 heterocycles. The fraction of sp³-hybridized carbons (Fsp3) is 0.333. The number of thioether (sulfide) groups is 1. The maximum absolute atomic E-state index is 5.46. The van der Waals surface area contributed by atoms with E-state index in [1.54, 1.807) is 0 Å². The number of nitrogens with one attached hydrogen (secondary N) is 1. The molecule has 0 aliphatic carbocycles. The molecular weight excluding hydrogens is 204 g/mol. The van der Waals surface area contributed by atoms with Gasteiger partial charge in [-0.2, -0.15) is 0 Å². The Labute approximate surface area is 94.2 Å². The minimum atomic E-state index is 0.800. The number of unbranched alkanes of at least 4 members (excludes halogenated alkanes) is 1. The van der Waals surface area contributed by atoms with Gasteiger partial charge < -0.3 is 10.7 Å². The summed E-state index contributed by atoms with van der Waals surface area (Å²) < 4.78 is 0. The highest BCUT2D eigenvalue weighted by Crippen LogP contribution is 2.27. The Bertz CT molecular complexity index is 422. The first-order chi connectivity index (χ1) is 7.42. The summed E-state index contributed by atoms with van der Waals surface area (Å²) in [6.07, 6.45) is 4.41. The molecule has 0 unspecified atom stereocenters. The standard InChI is InChI=1S/C12H16N2S/c13-7-3-4-8-15-12-9-14-11-6-2-1-5-10(11)12/h1-2,5-6,9,14H,3-4,7-8,13H2. The lowest BCUT2D eigenvalue weighted by Gasteiger charge is -1.98. The summed E-state index contributed by atoms with van der Waals surface area (Å²) >= 11 is 1.91. The van der Waals surface area contributed by atoms with E-state index >= 15 is 0 Å². The van der Waals surface area contributed by atoms with Crippen molar-refractivity contribution in [2.24, 2.45) is 5.73 Å². The molecule has 0 spiro atoms. The van der Waals surface area contributed by atoms with E-state index in [1.807, 2.05) is 11.8 Å². The second-order valence-electron chi connectivity index (χ2n) is 3.54. The average Bonchev–Trinajstić information content (AvgIpc) is 2.68. The van der Waals surface area contributed by atoms with Gasteiger partial charge in [-0.25, -0.2) is 0 Å². The molecule has 2 rings (SSSR count). The van der Waals surface area contributed by atoms with E-state index in [4.69, 9.17) is 5.73 Å². The molecule has 0 aliphatic heterocycles. The van der Waals surface area contributed by atoms with Crippen molar-refractivity contribution in [2.45, 2.75) is 17.7 Å². The summed E-state index contributed by atoms with van der Waals surface area (Å²) in [4.78, 5) is 4.63. The van der Waals surface area contributed by atoms with E-state index in [9.17, 15) is 0 Å². The molecular formula is C12H16N2S. The smallest absolute Gasteiger partial charge is 0.0465 e. The summed E-state index contributed by atoms with van der Waals surface area (Å²) in [6, 6.07) is 8.41. The van der Waals surface area contributed by atoms with E-state index in [0.29, 0.717) is 0 Å². The summed E-state index contributed by atoms with van der Waals surface area (Å²) in [5, 5.41) is 1.33. The van der Waals surface area contributed by atoms with E-state index in [1.165, 1.54) is 22.2 Å². The van der Waals surface area contributed by atoms with E-state index < -0.39 is 0 Å². The number of fused-ring (bicyclic) bond motifs is 1. The summed E-state index contributed by atoms with van der Waals surface area (Å²) in [5.41, 5.74) is 6.68. The van der Waals surface area contributed by atoms with Crippen LogP contribution < -0.4 is 5.73 Å². The zero-order chi connectivity index (χ0) is 10.5. The number of nitrogens with two attached hydrogens (primary N) is 1. The van der Waals surface area contributed by atoms with Crippen LogP contribution in [0.5, 0.6) is 0 Å². The molecule has 0 amide bonds. The Morgan fingerprint density at radius 1 is 1.20 bits per heavy atom. The lowest BCUT2D eigenvalue weighted by Crippen LogP contribution is -1.98. The number of aromatic amines is 1. The molecule has 2 aromatic rings. The monoisotopic (exact) mass is 220 g/mol. The lowest BCUT2D eigenvalue weighted by atomic mass is 10.2. The van der Waals surface area contributed by atoms with Gasteiger partial charge in [-0.05, 0) is 31.2 Å². The molecule has 0 saturated carbocycles. The number of hydrogen-bond acceptors (Lipinski definition) is 2. The molecule has 3 N–H and O–H groups in total. The molecule has 0 saturated heterocycles. The number of aromatic nitrogens is 1. The Morgan fingerprint density at radius 2 is 2.07 bits per heavy atom. The molecule has 0 aliphatic rings. The van der Waals surface area contributed by atoms with Crippen molar-refractivity contribution < 1.29 is 0 Å².